The van der Waals surface area contributed by atoms with Crippen molar-refractivity contribution in [1.82, 2.24) is 5.32 Å². The Hall–Kier alpha value is -1.55. The van der Waals surface area contributed by atoms with E-state index in [2.05, 4.69) is 5.32 Å². The molecule has 1 aromatic carbocycles. The number of benzene rings is 1. The van der Waals surface area contributed by atoms with Crippen LogP contribution in [0.1, 0.15) is 25.3 Å². The first-order chi connectivity index (χ1) is 8.64. The largest absolute Gasteiger partial charge is 0.493 e. The van der Waals surface area contributed by atoms with Crippen LogP contribution in [0.5, 0.6) is 5.75 Å². The maximum absolute atomic E-state index is 11.9. The predicted molar refractivity (Wildman–Crippen MR) is 66.6 cm³/mol. The third kappa shape index (κ3) is 1.60. The fourth-order valence-corrected chi connectivity index (χ4v) is 2.68. The molecule has 0 aromatic heterocycles. The van der Waals surface area contributed by atoms with Crippen molar-refractivity contribution in [3.8, 4) is 5.75 Å². The van der Waals surface area contributed by atoms with E-state index in [1.54, 1.807) is 0 Å². The zero-order valence-electron chi connectivity index (χ0n) is 10.3. The monoisotopic (exact) mass is 247 g/mol. The summed E-state index contributed by atoms with van der Waals surface area (Å²) in [7, 11) is 0. The molecule has 4 nitrogen and oxygen atoms in total. The van der Waals surface area contributed by atoms with E-state index in [0.29, 0.717) is 18.4 Å². The molecule has 3 rings (SSSR count). The van der Waals surface area contributed by atoms with Crippen LogP contribution < -0.4 is 10.1 Å². The first-order valence-corrected chi connectivity index (χ1v) is 6.38. The summed E-state index contributed by atoms with van der Waals surface area (Å²) < 4.78 is 5.64. The minimum Gasteiger partial charge on any atom is -0.493 e. The summed E-state index contributed by atoms with van der Waals surface area (Å²) in [4.78, 5) is 11.9. The number of rotatable bonds is 3. The van der Waals surface area contributed by atoms with Gasteiger partial charge in [0.2, 0.25) is 0 Å². The highest BCUT2D eigenvalue weighted by atomic mass is 16.5. The molecule has 2 N–H and O–H groups in total. The van der Waals surface area contributed by atoms with E-state index in [4.69, 9.17) is 4.74 Å². The second kappa shape index (κ2) is 3.99. The summed E-state index contributed by atoms with van der Waals surface area (Å²) in [5.74, 6) is -0.214. The van der Waals surface area contributed by atoms with Gasteiger partial charge in [0.05, 0.1) is 6.61 Å². The predicted octanol–water partition coefficient (Wildman–Crippen LogP) is 1.75. The molecule has 0 spiro atoms. The van der Waals surface area contributed by atoms with Gasteiger partial charge in [-0.1, -0.05) is 25.1 Å². The maximum Gasteiger partial charge on any atom is 0.329 e. The lowest BCUT2D eigenvalue weighted by molar-refractivity contribution is -0.149. The molecule has 0 saturated heterocycles. The molecule has 18 heavy (non-hydrogen) atoms. The SMILES string of the molecule is CC1COc2ccccc2C1(NC1CC1)C(=O)O. The van der Waals surface area contributed by atoms with Gasteiger partial charge in [0.15, 0.2) is 5.54 Å². The molecule has 0 amide bonds. The van der Waals surface area contributed by atoms with Gasteiger partial charge in [-0.15, -0.1) is 0 Å². The highest BCUT2D eigenvalue weighted by Gasteiger charge is 2.52. The van der Waals surface area contributed by atoms with E-state index in [1.165, 1.54) is 0 Å². The number of hydrogen-bond donors (Lipinski definition) is 2. The summed E-state index contributed by atoms with van der Waals surface area (Å²) in [5, 5.41) is 13.1. The Balaban J connectivity index is 2.12. The number of nitrogens with one attached hydrogen (secondary N) is 1. The summed E-state index contributed by atoms with van der Waals surface area (Å²) in [6, 6.07) is 7.77. The molecule has 1 saturated carbocycles. The summed E-state index contributed by atoms with van der Waals surface area (Å²) in [6.07, 6.45) is 2.12. The van der Waals surface area contributed by atoms with Gasteiger partial charge in [0, 0.05) is 17.5 Å². The normalized spacial score (nSPS) is 30.4. The van der Waals surface area contributed by atoms with Crippen LogP contribution >= 0.6 is 0 Å². The second-order valence-corrected chi connectivity index (χ2v) is 5.24. The van der Waals surface area contributed by atoms with Gasteiger partial charge in [0.25, 0.3) is 0 Å². The van der Waals surface area contributed by atoms with Crippen molar-refractivity contribution >= 4 is 5.97 Å². The molecular formula is C14H17NO3. The lowest BCUT2D eigenvalue weighted by atomic mass is 9.77. The van der Waals surface area contributed by atoms with Crippen LogP contribution in [0.2, 0.25) is 0 Å². The molecule has 1 heterocycles. The molecule has 2 unspecified atom stereocenters. The Bertz CT molecular complexity index is 484. The van der Waals surface area contributed by atoms with Gasteiger partial charge in [-0.3, -0.25) is 5.32 Å². The van der Waals surface area contributed by atoms with Crippen molar-refractivity contribution in [2.45, 2.75) is 31.3 Å². The Labute approximate surface area is 106 Å². The molecule has 2 aliphatic rings. The summed E-state index contributed by atoms with van der Waals surface area (Å²) >= 11 is 0. The first kappa shape index (κ1) is 11.5. The molecule has 1 aliphatic carbocycles. The molecule has 0 radical (unpaired) electrons. The average molecular weight is 247 g/mol. The molecule has 1 aliphatic heterocycles. The molecule has 96 valence electrons. The number of para-hydroxylation sites is 1. The number of carboxylic acids is 1. The number of aliphatic carboxylic acids is 1. The minimum atomic E-state index is -1.00. The van der Waals surface area contributed by atoms with Crippen LogP contribution in [0.4, 0.5) is 0 Å². The van der Waals surface area contributed by atoms with Crippen LogP contribution in [0.25, 0.3) is 0 Å². The molecular weight excluding hydrogens is 230 g/mol. The van der Waals surface area contributed by atoms with E-state index < -0.39 is 11.5 Å². The smallest absolute Gasteiger partial charge is 0.329 e. The van der Waals surface area contributed by atoms with E-state index in [0.717, 1.165) is 18.4 Å². The van der Waals surface area contributed by atoms with Crippen molar-refractivity contribution in [2.75, 3.05) is 6.61 Å². The van der Waals surface area contributed by atoms with Gasteiger partial charge in [-0.05, 0) is 18.9 Å². The Morgan fingerprint density at radius 2 is 2.17 bits per heavy atom. The number of carbonyl (C=O) groups is 1. The number of carboxylic acid groups (broad SMARTS) is 1. The van der Waals surface area contributed by atoms with Crippen molar-refractivity contribution in [1.29, 1.82) is 0 Å². The zero-order chi connectivity index (χ0) is 12.8. The van der Waals surface area contributed by atoms with Crippen LogP contribution in [0.15, 0.2) is 24.3 Å². The zero-order valence-corrected chi connectivity index (χ0v) is 10.3. The van der Waals surface area contributed by atoms with Crippen molar-refractivity contribution < 1.29 is 14.6 Å². The van der Waals surface area contributed by atoms with E-state index in [9.17, 15) is 9.90 Å². The van der Waals surface area contributed by atoms with Gasteiger partial charge in [0.1, 0.15) is 5.75 Å². The number of hydrogen-bond acceptors (Lipinski definition) is 3. The third-order valence-electron chi connectivity index (χ3n) is 3.89. The summed E-state index contributed by atoms with van der Waals surface area (Å²) in [6.45, 7) is 2.36. The van der Waals surface area contributed by atoms with Crippen LogP contribution in [0, 0.1) is 5.92 Å². The van der Waals surface area contributed by atoms with Gasteiger partial charge >= 0.3 is 5.97 Å². The topological polar surface area (TPSA) is 58.6 Å². The highest BCUT2D eigenvalue weighted by molar-refractivity contribution is 5.83. The molecule has 1 aromatic rings. The lowest BCUT2D eigenvalue weighted by Crippen LogP contribution is -2.58. The van der Waals surface area contributed by atoms with Crippen LogP contribution in [-0.4, -0.2) is 23.7 Å². The number of fused-ring (bicyclic) bond motifs is 1. The van der Waals surface area contributed by atoms with E-state index in [-0.39, 0.29) is 5.92 Å². The quantitative estimate of drug-likeness (QED) is 0.854. The van der Waals surface area contributed by atoms with Crippen molar-refractivity contribution in [3.63, 3.8) is 0 Å². The Kier molecular flexibility index (Phi) is 2.55. The Morgan fingerprint density at radius 1 is 1.44 bits per heavy atom. The molecule has 4 heteroatoms. The van der Waals surface area contributed by atoms with Gasteiger partial charge < -0.3 is 9.84 Å². The first-order valence-electron chi connectivity index (χ1n) is 6.38. The fraction of sp³-hybridized carbons (Fsp3) is 0.500. The molecule has 1 fully saturated rings. The van der Waals surface area contributed by atoms with E-state index in [1.807, 2.05) is 31.2 Å². The lowest BCUT2D eigenvalue weighted by Gasteiger charge is -2.41. The van der Waals surface area contributed by atoms with Crippen molar-refractivity contribution in [2.24, 2.45) is 5.92 Å². The average Bonchev–Trinajstić information content (AvgIpc) is 3.16. The highest BCUT2D eigenvalue weighted by Crippen LogP contribution is 2.42. The Morgan fingerprint density at radius 3 is 2.83 bits per heavy atom. The number of ether oxygens (including phenoxy) is 1. The van der Waals surface area contributed by atoms with E-state index >= 15 is 0 Å². The molecule has 0 bridgehead atoms. The summed E-state index contributed by atoms with van der Waals surface area (Å²) in [5.41, 5.74) is -0.251. The maximum atomic E-state index is 11.9. The fourth-order valence-electron chi connectivity index (χ4n) is 2.68. The minimum absolute atomic E-state index is 0.0921. The standard InChI is InChI=1S/C14H17NO3/c1-9-8-18-12-5-3-2-4-11(12)14(9,13(16)17)15-10-6-7-10/h2-5,9-10,15H,6-8H2,1H3,(H,16,17). The van der Waals surface area contributed by atoms with Gasteiger partial charge in [-0.25, -0.2) is 4.79 Å². The second-order valence-electron chi connectivity index (χ2n) is 5.24. The van der Waals surface area contributed by atoms with Gasteiger partial charge in [-0.2, -0.15) is 0 Å². The van der Waals surface area contributed by atoms with Crippen LogP contribution in [-0.2, 0) is 10.3 Å². The molecule has 2 atom stereocenters. The third-order valence-corrected chi connectivity index (χ3v) is 3.89. The van der Waals surface area contributed by atoms with Crippen molar-refractivity contribution in [3.05, 3.63) is 29.8 Å². The van der Waals surface area contributed by atoms with Crippen LogP contribution in [0.3, 0.4) is 0 Å².